The first-order chi connectivity index (χ1) is 9.89. The van der Waals surface area contributed by atoms with Gasteiger partial charge in [0.1, 0.15) is 5.82 Å². The summed E-state index contributed by atoms with van der Waals surface area (Å²) in [7, 11) is -3.60. The minimum Gasteiger partial charge on any atom is -0.298 e. The molecule has 2 aliphatic rings. The lowest BCUT2D eigenvalue weighted by Crippen LogP contribution is -2.57. The van der Waals surface area contributed by atoms with Gasteiger partial charge in [0.05, 0.1) is 4.90 Å². The molecule has 0 amide bonds. The molecule has 1 aromatic rings. The van der Waals surface area contributed by atoms with Crippen LogP contribution < -0.4 is 0 Å². The Balaban J connectivity index is 1.91. The monoisotopic (exact) mass is 312 g/mol. The molecule has 0 spiro atoms. The topological polar surface area (TPSA) is 40.6 Å². The van der Waals surface area contributed by atoms with Crippen LogP contribution in [0.25, 0.3) is 0 Å². The summed E-state index contributed by atoms with van der Waals surface area (Å²) in [5.41, 5.74) is 0. The van der Waals surface area contributed by atoms with Crippen LogP contribution in [-0.2, 0) is 10.0 Å². The van der Waals surface area contributed by atoms with Crippen molar-refractivity contribution >= 4 is 10.0 Å². The van der Waals surface area contributed by atoms with Crippen LogP contribution >= 0.6 is 0 Å². The Kier molecular flexibility index (Phi) is 3.80. The molecule has 2 atom stereocenters. The smallest absolute Gasteiger partial charge is 0.243 e. The van der Waals surface area contributed by atoms with E-state index in [4.69, 9.17) is 0 Å². The lowest BCUT2D eigenvalue weighted by molar-refractivity contribution is 0.103. The van der Waals surface area contributed by atoms with Gasteiger partial charge in [-0.25, -0.2) is 12.8 Å². The van der Waals surface area contributed by atoms with Crippen molar-refractivity contribution in [2.24, 2.45) is 0 Å². The Hall–Kier alpha value is -0.980. The van der Waals surface area contributed by atoms with Gasteiger partial charge in [-0.05, 0) is 44.9 Å². The molecular formula is C15H21FN2O2S. The fraction of sp³-hybridized carbons (Fsp3) is 0.600. The Bertz CT molecular complexity index is 618. The number of piperazine rings is 1. The highest BCUT2D eigenvalue weighted by atomic mass is 32.2. The minimum atomic E-state index is -3.60. The van der Waals surface area contributed by atoms with Gasteiger partial charge < -0.3 is 0 Å². The van der Waals surface area contributed by atoms with Crippen LogP contribution in [0.3, 0.4) is 0 Å². The van der Waals surface area contributed by atoms with Crippen molar-refractivity contribution < 1.29 is 12.8 Å². The summed E-state index contributed by atoms with van der Waals surface area (Å²) in [4.78, 5) is 2.40. The summed E-state index contributed by atoms with van der Waals surface area (Å²) in [6.45, 7) is 5.80. The summed E-state index contributed by atoms with van der Waals surface area (Å²) < 4.78 is 40.6. The highest BCUT2D eigenvalue weighted by Crippen LogP contribution is 2.35. The van der Waals surface area contributed by atoms with Gasteiger partial charge in [0.2, 0.25) is 10.0 Å². The number of halogens is 1. The fourth-order valence-corrected chi connectivity index (χ4v) is 5.34. The zero-order valence-electron chi connectivity index (χ0n) is 12.4. The van der Waals surface area contributed by atoms with Crippen LogP contribution in [-0.4, -0.2) is 48.8 Å². The van der Waals surface area contributed by atoms with E-state index in [2.05, 4.69) is 18.7 Å². The molecule has 1 aromatic carbocycles. The van der Waals surface area contributed by atoms with Crippen LogP contribution in [0.15, 0.2) is 29.2 Å². The molecule has 2 unspecified atom stereocenters. The number of fused-ring (bicyclic) bond motifs is 2. The van der Waals surface area contributed by atoms with E-state index < -0.39 is 15.8 Å². The van der Waals surface area contributed by atoms with Crippen LogP contribution in [0.4, 0.5) is 4.39 Å². The molecule has 0 saturated carbocycles. The molecular weight excluding hydrogens is 291 g/mol. The first kappa shape index (κ1) is 14.9. The quantitative estimate of drug-likeness (QED) is 0.858. The van der Waals surface area contributed by atoms with Gasteiger partial charge in [-0.1, -0.05) is 6.07 Å². The van der Waals surface area contributed by atoms with E-state index in [0.29, 0.717) is 6.04 Å². The predicted molar refractivity (Wildman–Crippen MR) is 78.9 cm³/mol. The van der Waals surface area contributed by atoms with E-state index >= 15 is 0 Å². The van der Waals surface area contributed by atoms with Gasteiger partial charge in [0, 0.05) is 31.2 Å². The molecule has 2 heterocycles. The van der Waals surface area contributed by atoms with E-state index in [1.807, 2.05) is 0 Å². The Labute approximate surface area is 125 Å². The van der Waals surface area contributed by atoms with Crippen LogP contribution in [0.2, 0.25) is 0 Å². The van der Waals surface area contributed by atoms with E-state index in [-0.39, 0.29) is 17.0 Å². The summed E-state index contributed by atoms with van der Waals surface area (Å²) in [5.74, 6) is -0.510. The van der Waals surface area contributed by atoms with Crippen molar-refractivity contribution in [1.29, 1.82) is 0 Å². The zero-order valence-corrected chi connectivity index (χ0v) is 13.2. The second kappa shape index (κ2) is 5.34. The molecule has 2 bridgehead atoms. The molecule has 0 radical (unpaired) electrons. The second-order valence-corrected chi connectivity index (χ2v) is 8.07. The molecule has 2 aliphatic heterocycles. The molecule has 3 rings (SSSR count). The number of hydrogen-bond donors (Lipinski definition) is 0. The number of rotatable bonds is 3. The van der Waals surface area contributed by atoms with Gasteiger partial charge in [0.15, 0.2) is 0 Å². The largest absolute Gasteiger partial charge is 0.298 e. The molecule has 6 heteroatoms. The maximum atomic E-state index is 13.4. The lowest BCUT2D eigenvalue weighted by atomic mass is 10.2. The Morgan fingerprint density at radius 1 is 1.19 bits per heavy atom. The Morgan fingerprint density at radius 2 is 1.81 bits per heavy atom. The van der Waals surface area contributed by atoms with Crippen LogP contribution in [0.5, 0.6) is 0 Å². The van der Waals surface area contributed by atoms with Crippen molar-refractivity contribution in [1.82, 2.24) is 9.21 Å². The minimum absolute atomic E-state index is 0.0133. The SMILES string of the molecule is CC(C)N1CC2CCC(C1)N2S(=O)(=O)c1cccc(F)c1. The molecule has 0 aromatic heterocycles. The molecule has 0 aliphatic carbocycles. The molecule has 2 fully saturated rings. The van der Waals surface area contributed by atoms with Gasteiger partial charge in [-0.15, -0.1) is 0 Å². The average Bonchev–Trinajstić information content (AvgIpc) is 2.70. The maximum absolute atomic E-state index is 13.4. The van der Waals surface area contributed by atoms with E-state index in [1.165, 1.54) is 18.2 Å². The average molecular weight is 312 g/mol. The van der Waals surface area contributed by atoms with E-state index in [0.717, 1.165) is 32.0 Å². The third kappa shape index (κ3) is 2.60. The van der Waals surface area contributed by atoms with Crippen molar-refractivity contribution in [3.05, 3.63) is 30.1 Å². The number of likely N-dealkylation sites (tertiary alicyclic amines) is 1. The summed E-state index contributed by atoms with van der Waals surface area (Å²) in [6, 6.07) is 5.76. The first-order valence-electron chi connectivity index (χ1n) is 7.43. The third-order valence-corrected chi connectivity index (χ3v) is 6.55. The van der Waals surface area contributed by atoms with Crippen molar-refractivity contribution in [3.8, 4) is 0 Å². The standard InChI is InChI=1S/C15H21FN2O2S/c1-11(2)17-9-13-6-7-14(10-17)18(13)21(19,20)15-5-3-4-12(16)8-15/h3-5,8,11,13-14H,6-7,9-10H2,1-2H3. The zero-order chi connectivity index (χ0) is 15.2. The van der Waals surface area contributed by atoms with Gasteiger partial charge in [0.25, 0.3) is 0 Å². The molecule has 4 nitrogen and oxygen atoms in total. The molecule has 0 N–H and O–H groups in total. The van der Waals surface area contributed by atoms with Crippen molar-refractivity contribution in [2.75, 3.05) is 13.1 Å². The lowest BCUT2D eigenvalue weighted by Gasteiger charge is -2.41. The highest BCUT2D eigenvalue weighted by molar-refractivity contribution is 7.89. The maximum Gasteiger partial charge on any atom is 0.243 e. The van der Waals surface area contributed by atoms with Gasteiger partial charge >= 0.3 is 0 Å². The van der Waals surface area contributed by atoms with Crippen LogP contribution in [0, 0.1) is 5.82 Å². The normalized spacial score (nSPS) is 27.4. The van der Waals surface area contributed by atoms with Crippen molar-refractivity contribution in [3.63, 3.8) is 0 Å². The number of hydrogen-bond acceptors (Lipinski definition) is 3. The fourth-order valence-electron chi connectivity index (χ4n) is 3.46. The number of sulfonamides is 1. The number of benzene rings is 1. The van der Waals surface area contributed by atoms with Crippen molar-refractivity contribution in [2.45, 2.75) is 49.7 Å². The molecule has 21 heavy (non-hydrogen) atoms. The van der Waals surface area contributed by atoms with Gasteiger partial charge in [-0.2, -0.15) is 4.31 Å². The predicted octanol–water partition coefficient (Wildman–Crippen LogP) is 2.07. The second-order valence-electron chi connectivity index (χ2n) is 6.22. The molecule has 2 saturated heterocycles. The Morgan fingerprint density at radius 3 is 2.33 bits per heavy atom. The third-order valence-electron chi connectivity index (χ3n) is 4.55. The first-order valence-corrected chi connectivity index (χ1v) is 8.87. The van der Waals surface area contributed by atoms with Crippen LogP contribution in [0.1, 0.15) is 26.7 Å². The van der Waals surface area contributed by atoms with E-state index in [9.17, 15) is 12.8 Å². The highest BCUT2D eigenvalue weighted by Gasteiger charge is 2.47. The van der Waals surface area contributed by atoms with Gasteiger partial charge in [-0.3, -0.25) is 4.90 Å². The summed E-state index contributed by atoms with van der Waals surface area (Å²) in [5, 5.41) is 0. The van der Waals surface area contributed by atoms with E-state index in [1.54, 1.807) is 4.31 Å². The summed E-state index contributed by atoms with van der Waals surface area (Å²) >= 11 is 0. The molecule has 116 valence electrons. The number of nitrogens with zero attached hydrogens (tertiary/aromatic N) is 2. The summed E-state index contributed by atoms with van der Waals surface area (Å²) in [6.07, 6.45) is 1.78.